The predicted molar refractivity (Wildman–Crippen MR) is 115 cm³/mol. The van der Waals surface area contributed by atoms with E-state index in [1.165, 1.54) is 4.88 Å². The van der Waals surface area contributed by atoms with Crippen molar-refractivity contribution in [3.63, 3.8) is 0 Å². The molecule has 0 aliphatic carbocycles. The van der Waals surface area contributed by atoms with Crippen LogP contribution in [-0.4, -0.2) is 48.3 Å². The molecule has 1 aliphatic heterocycles. The smallest absolute Gasteiger partial charge is 0.191 e. The average Bonchev–Trinajstić information content (AvgIpc) is 2.99. The Labute approximate surface area is 171 Å². The van der Waals surface area contributed by atoms with Crippen molar-refractivity contribution in [1.82, 2.24) is 20.6 Å². The molecule has 1 fully saturated rings. The third-order valence-electron chi connectivity index (χ3n) is 4.65. The Hall–Kier alpha value is -2.19. The maximum absolute atomic E-state index is 5.80. The number of aromatic nitrogens is 2. The molecular weight excluding hydrogens is 372 g/mol. The Kier molecular flexibility index (Phi) is 6.85. The van der Waals surface area contributed by atoms with E-state index in [4.69, 9.17) is 4.74 Å². The van der Waals surface area contributed by atoms with Gasteiger partial charge < -0.3 is 20.3 Å². The Morgan fingerprint density at radius 2 is 1.93 bits per heavy atom. The van der Waals surface area contributed by atoms with Gasteiger partial charge in [-0.25, -0.2) is 9.97 Å². The number of guanidine groups is 1. The molecule has 0 saturated carbocycles. The molecule has 3 heterocycles. The number of hydrogen-bond donors (Lipinski definition) is 2. The highest BCUT2D eigenvalue weighted by atomic mass is 32.1. The maximum Gasteiger partial charge on any atom is 0.191 e. The second kappa shape index (κ2) is 9.34. The lowest BCUT2D eigenvalue weighted by molar-refractivity contribution is -0.00545. The number of morpholine rings is 1. The number of aliphatic imine (C=N–C) groups is 1. The highest BCUT2D eigenvalue weighted by molar-refractivity contribution is 7.11. The molecule has 152 valence electrons. The van der Waals surface area contributed by atoms with Gasteiger partial charge in [0.2, 0.25) is 0 Å². The molecule has 1 aliphatic rings. The van der Waals surface area contributed by atoms with Crippen molar-refractivity contribution >= 4 is 23.1 Å². The van der Waals surface area contributed by atoms with Crippen molar-refractivity contribution in [2.45, 2.75) is 53.0 Å². The molecule has 28 heavy (non-hydrogen) atoms. The zero-order valence-corrected chi connectivity index (χ0v) is 18.1. The molecule has 0 radical (unpaired) electrons. The first kappa shape index (κ1) is 20.5. The van der Waals surface area contributed by atoms with Crippen LogP contribution in [0.25, 0.3) is 0 Å². The molecule has 2 N–H and O–H groups in total. The van der Waals surface area contributed by atoms with Gasteiger partial charge in [0.05, 0.1) is 29.5 Å². The van der Waals surface area contributed by atoms with Crippen molar-refractivity contribution in [1.29, 1.82) is 0 Å². The van der Waals surface area contributed by atoms with Crippen molar-refractivity contribution in [2.75, 3.05) is 25.0 Å². The van der Waals surface area contributed by atoms with Crippen molar-refractivity contribution < 1.29 is 4.74 Å². The number of aryl methyl sites for hydroxylation is 2. The molecule has 1 saturated heterocycles. The van der Waals surface area contributed by atoms with E-state index in [9.17, 15) is 0 Å². The predicted octanol–water partition coefficient (Wildman–Crippen LogP) is 2.63. The zero-order chi connectivity index (χ0) is 20.1. The normalized spacial score (nSPS) is 20.3. The number of nitrogens with one attached hydrogen (secondary N) is 2. The number of thiazole rings is 1. The summed E-state index contributed by atoms with van der Waals surface area (Å²) in [6, 6.07) is 4.20. The Balaban J connectivity index is 1.51. The first-order valence-corrected chi connectivity index (χ1v) is 10.5. The number of hydrogen-bond acceptors (Lipinski definition) is 6. The van der Waals surface area contributed by atoms with Gasteiger partial charge in [-0.15, -0.1) is 11.3 Å². The standard InChI is InChI=1S/C20H30N6OS/c1-13-11-26(12-14(2)27-13)19-7-6-17(8-22-19)9-23-20(21-5)24-10-18-15(3)25-16(4)28-18/h6-8,13-14H,9-12H2,1-5H3,(H2,21,23,24). The minimum atomic E-state index is 0.229. The van der Waals surface area contributed by atoms with E-state index in [-0.39, 0.29) is 12.2 Å². The highest BCUT2D eigenvalue weighted by Gasteiger charge is 2.22. The van der Waals surface area contributed by atoms with Crippen LogP contribution < -0.4 is 15.5 Å². The molecule has 0 aromatic carbocycles. The van der Waals surface area contributed by atoms with Crippen LogP contribution in [0.1, 0.15) is 35.0 Å². The van der Waals surface area contributed by atoms with Gasteiger partial charge in [0.15, 0.2) is 5.96 Å². The fourth-order valence-electron chi connectivity index (χ4n) is 3.38. The summed E-state index contributed by atoms with van der Waals surface area (Å²) in [6.07, 6.45) is 2.39. The first-order chi connectivity index (χ1) is 13.4. The third-order valence-corrected chi connectivity index (χ3v) is 5.73. The van der Waals surface area contributed by atoms with Crippen molar-refractivity contribution in [3.8, 4) is 0 Å². The van der Waals surface area contributed by atoms with Gasteiger partial charge in [-0.05, 0) is 39.3 Å². The Bertz CT molecular complexity index is 794. The van der Waals surface area contributed by atoms with E-state index in [0.717, 1.165) is 47.7 Å². The minimum Gasteiger partial charge on any atom is -0.372 e. The number of rotatable bonds is 5. The van der Waals surface area contributed by atoms with E-state index in [2.05, 4.69) is 56.5 Å². The zero-order valence-electron chi connectivity index (χ0n) is 17.3. The molecule has 8 heteroatoms. The molecule has 2 aromatic heterocycles. The average molecular weight is 403 g/mol. The van der Waals surface area contributed by atoms with E-state index in [1.807, 2.05) is 20.0 Å². The lowest BCUT2D eigenvalue weighted by Crippen LogP contribution is -2.45. The number of ether oxygens (including phenoxy) is 1. The molecule has 7 nitrogen and oxygen atoms in total. The molecule has 2 aromatic rings. The quantitative estimate of drug-likeness (QED) is 0.592. The van der Waals surface area contributed by atoms with Crippen LogP contribution in [-0.2, 0) is 17.8 Å². The Morgan fingerprint density at radius 3 is 2.50 bits per heavy atom. The summed E-state index contributed by atoms with van der Waals surface area (Å²) in [7, 11) is 1.78. The maximum atomic E-state index is 5.80. The van der Waals surface area contributed by atoms with Crippen LogP contribution in [0.4, 0.5) is 5.82 Å². The van der Waals surface area contributed by atoms with E-state index in [1.54, 1.807) is 18.4 Å². The Morgan fingerprint density at radius 1 is 1.21 bits per heavy atom. The largest absolute Gasteiger partial charge is 0.372 e. The van der Waals surface area contributed by atoms with Crippen LogP contribution in [0.5, 0.6) is 0 Å². The molecule has 2 unspecified atom stereocenters. The summed E-state index contributed by atoms with van der Waals surface area (Å²) >= 11 is 1.72. The SMILES string of the molecule is CN=C(NCc1ccc(N2CC(C)OC(C)C2)nc1)NCc1sc(C)nc1C. The summed E-state index contributed by atoms with van der Waals surface area (Å²) < 4.78 is 5.80. The lowest BCUT2D eigenvalue weighted by Gasteiger charge is -2.36. The number of pyridine rings is 1. The van der Waals surface area contributed by atoms with Crippen LogP contribution in [0.3, 0.4) is 0 Å². The molecule has 0 bridgehead atoms. The summed E-state index contributed by atoms with van der Waals surface area (Å²) in [5.41, 5.74) is 2.20. The van der Waals surface area contributed by atoms with Gasteiger partial charge in [-0.2, -0.15) is 0 Å². The van der Waals surface area contributed by atoms with Gasteiger partial charge >= 0.3 is 0 Å². The molecular formula is C20H30N6OS. The third kappa shape index (κ3) is 5.42. The van der Waals surface area contributed by atoms with E-state index < -0.39 is 0 Å². The highest BCUT2D eigenvalue weighted by Crippen LogP contribution is 2.18. The van der Waals surface area contributed by atoms with Gasteiger partial charge in [0.1, 0.15) is 5.82 Å². The van der Waals surface area contributed by atoms with Gasteiger partial charge in [-0.1, -0.05) is 6.07 Å². The fourth-order valence-corrected chi connectivity index (χ4v) is 4.26. The van der Waals surface area contributed by atoms with E-state index in [0.29, 0.717) is 6.54 Å². The van der Waals surface area contributed by atoms with Gasteiger partial charge in [0, 0.05) is 37.8 Å². The monoisotopic (exact) mass is 402 g/mol. The van der Waals surface area contributed by atoms with Gasteiger partial charge in [-0.3, -0.25) is 4.99 Å². The van der Waals surface area contributed by atoms with Gasteiger partial charge in [0.25, 0.3) is 0 Å². The minimum absolute atomic E-state index is 0.229. The molecule has 0 amide bonds. The van der Waals surface area contributed by atoms with E-state index >= 15 is 0 Å². The summed E-state index contributed by atoms with van der Waals surface area (Å²) in [4.78, 5) is 16.9. The fraction of sp³-hybridized carbons (Fsp3) is 0.550. The number of anilines is 1. The van der Waals surface area contributed by atoms with Crippen molar-refractivity contribution in [2.24, 2.45) is 4.99 Å². The summed E-state index contributed by atoms with van der Waals surface area (Å²) in [5.74, 6) is 1.77. The second-order valence-corrected chi connectivity index (χ2v) is 8.50. The summed E-state index contributed by atoms with van der Waals surface area (Å²) in [5, 5.41) is 7.78. The molecule has 3 rings (SSSR count). The lowest BCUT2D eigenvalue weighted by atomic mass is 10.2. The topological polar surface area (TPSA) is 74.7 Å². The summed E-state index contributed by atoms with van der Waals surface area (Å²) in [6.45, 7) is 11.4. The van der Waals surface area contributed by atoms with Crippen LogP contribution >= 0.6 is 11.3 Å². The van der Waals surface area contributed by atoms with Crippen LogP contribution in [0, 0.1) is 13.8 Å². The van der Waals surface area contributed by atoms with Crippen molar-refractivity contribution in [3.05, 3.63) is 39.5 Å². The molecule has 0 spiro atoms. The second-order valence-electron chi connectivity index (χ2n) is 7.21. The number of nitrogens with zero attached hydrogens (tertiary/aromatic N) is 4. The van der Waals surface area contributed by atoms with Crippen LogP contribution in [0.2, 0.25) is 0 Å². The first-order valence-electron chi connectivity index (χ1n) is 9.67. The molecule has 2 atom stereocenters. The van der Waals surface area contributed by atoms with Crippen LogP contribution in [0.15, 0.2) is 23.3 Å².